The first kappa shape index (κ1) is 15.0. The Morgan fingerprint density at radius 2 is 2.00 bits per heavy atom. The fourth-order valence-electron chi connectivity index (χ4n) is 2.20. The van der Waals surface area contributed by atoms with E-state index in [2.05, 4.69) is 34.1 Å². The second kappa shape index (κ2) is 6.39. The fourth-order valence-corrected chi connectivity index (χ4v) is 2.20. The maximum atomic E-state index is 11.5. The van der Waals surface area contributed by atoms with Crippen molar-refractivity contribution in [2.45, 2.75) is 26.8 Å². The second-order valence-electron chi connectivity index (χ2n) is 5.35. The van der Waals surface area contributed by atoms with Crippen LogP contribution in [0, 0.1) is 0 Å². The Labute approximate surface area is 125 Å². The molecule has 0 spiro atoms. The summed E-state index contributed by atoms with van der Waals surface area (Å²) in [5.74, 6) is 0.846. The maximum Gasteiger partial charge on any atom is 0.246 e. The van der Waals surface area contributed by atoms with Crippen molar-refractivity contribution >= 4 is 16.9 Å². The highest BCUT2D eigenvalue weighted by atomic mass is 16.1. The van der Waals surface area contributed by atoms with Crippen LogP contribution in [0.1, 0.15) is 19.7 Å². The third-order valence-corrected chi connectivity index (χ3v) is 3.18. The first-order chi connectivity index (χ1) is 9.99. The molecule has 0 aliphatic rings. The monoisotopic (exact) mass is 283 g/mol. The Balaban J connectivity index is 2.20. The fraction of sp³-hybridized carbons (Fsp3) is 0.294. The van der Waals surface area contributed by atoms with Gasteiger partial charge < -0.3 is 9.88 Å². The maximum absolute atomic E-state index is 11.5. The number of carbonyl (C=O) groups is 1. The van der Waals surface area contributed by atoms with E-state index in [4.69, 9.17) is 0 Å². The van der Waals surface area contributed by atoms with Gasteiger partial charge in [-0.15, -0.1) is 0 Å². The van der Waals surface area contributed by atoms with Crippen molar-refractivity contribution in [3.63, 3.8) is 0 Å². The molecule has 4 nitrogen and oxygen atoms in total. The Bertz CT molecular complexity index is 697. The molecule has 0 saturated carbocycles. The van der Waals surface area contributed by atoms with Crippen LogP contribution in [0.25, 0.3) is 11.0 Å². The molecule has 1 aromatic carbocycles. The van der Waals surface area contributed by atoms with Crippen molar-refractivity contribution in [3.8, 4) is 0 Å². The number of allylic oxidation sites excluding steroid dienone is 1. The molecule has 1 heterocycles. The van der Waals surface area contributed by atoms with Gasteiger partial charge in [0.05, 0.1) is 11.0 Å². The predicted octanol–water partition coefficient (Wildman–Crippen LogP) is 2.85. The summed E-state index contributed by atoms with van der Waals surface area (Å²) in [6.45, 7) is 12.6. The molecule has 0 saturated heterocycles. The Kier molecular flexibility index (Phi) is 4.58. The predicted molar refractivity (Wildman–Crippen MR) is 86.1 cm³/mol. The van der Waals surface area contributed by atoms with Gasteiger partial charge in [0, 0.05) is 25.1 Å². The highest BCUT2D eigenvalue weighted by Crippen LogP contribution is 2.17. The summed E-state index contributed by atoms with van der Waals surface area (Å²) in [5.41, 5.74) is 3.66. The van der Waals surface area contributed by atoms with Crippen molar-refractivity contribution in [2.24, 2.45) is 0 Å². The van der Waals surface area contributed by atoms with E-state index in [0.29, 0.717) is 18.5 Å². The zero-order chi connectivity index (χ0) is 15.4. The lowest BCUT2D eigenvalue weighted by molar-refractivity contribution is -0.117. The number of carbonyl (C=O) groups excluding carboxylic acids is 1. The summed E-state index contributed by atoms with van der Waals surface area (Å²) < 4.78 is 2.16. The number of hydrogen-bond donors (Lipinski definition) is 1. The molecule has 0 bridgehead atoms. The molecular weight excluding hydrogens is 262 g/mol. The van der Waals surface area contributed by atoms with Crippen LogP contribution in [0.3, 0.4) is 0 Å². The second-order valence-corrected chi connectivity index (χ2v) is 5.35. The summed E-state index contributed by atoms with van der Waals surface area (Å²) in [7, 11) is 0. The van der Waals surface area contributed by atoms with Crippen LogP contribution in [-0.2, 0) is 17.8 Å². The van der Waals surface area contributed by atoms with E-state index in [1.54, 1.807) is 6.92 Å². The minimum absolute atomic E-state index is 0.113. The molecule has 21 heavy (non-hydrogen) atoms. The Morgan fingerprint density at radius 3 is 2.67 bits per heavy atom. The summed E-state index contributed by atoms with van der Waals surface area (Å²) >= 11 is 0. The van der Waals surface area contributed by atoms with Gasteiger partial charge in [-0.2, -0.15) is 0 Å². The standard InChI is InChI=1S/C17H21N3O/c1-12(2)11-20-15-8-6-5-7-14(15)19-16(20)9-10-18-17(21)13(3)4/h5-8H,1,3,9-11H2,2,4H3,(H,18,21). The first-order valence-electron chi connectivity index (χ1n) is 7.01. The van der Waals surface area contributed by atoms with E-state index in [0.717, 1.165) is 29.0 Å². The lowest BCUT2D eigenvalue weighted by Gasteiger charge is -2.09. The van der Waals surface area contributed by atoms with Gasteiger partial charge in [-0.1, -0.05) is 30.9 Å². The molecule has 0 aliphatic carbocycles. The average Bonchev–Trinajstić information content (AvgIpc) is 2.76. The first-order valence-corrected chi connectivity index (χ1v) is 7.01. The Morgan fingerprint density at radius 1 is 1.29 bits per heavy atom. The third kappa shape index (κ3) is 3.60. The molecule has 2 aromatic rings. The number of nitrogens with zero attached hydrogens (tertiary/aromatic N) is 2. The number of nitrogens with one attached hydrogen (secondary N) is 1. The van der Waals surface area contributed by atoms with Crippen LogP contribution in [-0.4, -0.2) is 22.0 Å². The number of imidazole rings is 1. The molecule has 0 unspecified atom stereocenters. The minimum Gasteiger partial charge on any atom is -0.352 e. The van der Waals surface area contributed by atoms with Gasteiger partial charge in [-0.05, 0) is 26.0 Å². The molecule has 2 rings (SSSR count). The van der Waals surface area contributed by atoms with Crippen LogP contribution in [0.15, 0.2) is 48.6 Å². The van der Waals surface area contributed by atoms with E-state index in [-0.39, 0.29) is 5.91 Å². The molecule has 0 fully saturated rings. The summed E-state index contributed by atoms with van der Waals surface area (Å²) in [4.78, 5) is 16.2. The summed E-state index contributed by atoms with van der Waals surface area (Å²) in [5, 5.41) is 2.84. The van der Waals surface area contributed by atoms with E-state index in [1.165, 1.54) is 0 Å². The highest BCUT2D eigenvalue weighted by Gasteiger charge is 2.10. The number of para-hydroxylation sites is 2. The normalized spacial score (nSPS) is 10.6. The molecule has 1 N–H and O–H groups in total. The Hall–Kier alpha value is -2.36. The van der Waals surface area contributed by atoms with Gasteiger partial charge in [0.2, 0.25) is 5.91 Å². The number of aromatic nitrogens is 2. The van der Waals surface area contributed by atoms with Crippen molar-refractivity contribution in [3.05, 3.63) is 54.4 Å². The highest BCUT2D eigenvalue weighted by molar-refractivity contribution is 5.92. The van der Waals surface area contributed by atoms with Crippen molar-refractivity contribution in [1.29, 1.82) is 0 Å². The van der Waals surface area contributed by atoms with Gasteiger partial charge in [0.15, 0.2) is 0 Å². The molecule has 0 aliphatic heterocycles. The lowest BCUT2D eigenvalue weighted by atomic mass is 10.3. The number of fused-ring (bicyclic) bond motifs is 1. The zero-order valence-electron chi connectivity index (χ0n) is 12.6. The number of benzene rings is 1. The molecule has 0 atom stereocenters. The van der Waals surface area contributed by atoms with Crippen LogP contribution in [0.2, 0.25) is 0 Å². The van der Waals surface area contributed by atoms with Gasteiger partial charge in [0.25, 0.3) is 0 Å². The summed E-state index contributed by atoms with van der Waals surface area (Å²) in [6.07, 6.45) is 0.682. The van der Waals surface area contributed by atoms with Gasteiger partial charge in [-0.3, -0.25) is 4.79 Å². The van der Waals surface area contributed by atoms with E-state index in [1.807, 2.05) is 25.1 Å². The third-order valence-electron chi connectivity index (χ3n) is 3.18. The topological polar surface area (TPSA) is 46.9 Å². The SMILES string of the molecule is C=C(C)Cn1c(CCNC(=O)C(=C)C)nc2ccccc21. The van der Waals surface area contributed by atoms with Crippen LogP contribution in [0.4, 0.5) is 0 Å². The quantitative estimate of drug-likeness (QED) is 0.654. The van der Waals surface area contributed by atoms with E-state index in [9.17, 15) is 4.79 Å². The van der Waals surface area contributed by atoms with Crippen LogP contribution < -0.4 is 5.32 Å². The number of rotatable bonds is 6. The number of hydrogen-bond acceptors (Lipinski definition) is 2. The lowest BCUT2D eigenvalue weighted by Crippen LogP contribution is -2.26. The van der Waals surface area contributed by atoms with Gasteiger partial charge >= 0.3 is 0 Å². The smallest absolute Gasteiger partial charge is 0.246 e. The number of amides is 1. The molecule has 1 amide bonds. The van der Waals surface area contributed by atoms with Gasteiger partial charge in [0.1, 0.15) is 5.82 Å². The molecule has 0 radical (unpaired) electrons. The van der Waals surface area contributed by atoms with E-state index >= 15 is 0 Å². The molecule has 1 aromatic heterocycles. The van der Waals surface area contributed by atoms with Crippen molar-refractivity contribution < 1.29 is 4.79 Å². The van der Waals surface area contributed by atoms with E-state index < -0.39 is 0 Å². The van der Waals surface area contributed by atoms with Crippen LogP contribution in [0.5, 0.6) is 0 Å². The summed E-state index contributed by atoms with van der Waals surface area (Å²) in [6, 6.07) is 8.04. The van der Waals surface area contributed by atoms with Gasteiger partial charge in [-0.25, -0.2) is 4.98 Å². The van der Waals surface area contributed by atoms with Crippen molar-refractivity contribution in [1.82, 2.24) is 14.9 Å². The zero-order valence-corrected chi connectivity index (χ0v) is 12.6. The molecule has 110 valence electrons. The largest absolute Gasteiger partial charge is 0.352 e. The van der Waals surface area contributed by atoms with Crippen molar-refractivity contribution in [2.75, 3.05) is 6.54 Å². The molecule has 4 heteroatoms. The molecular formula is C17H21N3O. The van der Waals surface area contributed by atoms with Crippen LogP contribution >= 0.6 is 0 Å². The minimum atomic E-state index is -0.113. The average molecular weight is 283 g/mol.